The lowest BCUT2D eigenvalue weighted by molar-refractivity contribution is -0.123. The molecule has 1 heterocycles. The van der Waals surface area contributed by atoms with E-state index in [9.17, 15) is 19.2 Å². The Morgan fingerprint density at radius 2 is 1.71 bits per heavy atom. The van der Waals surface area contributed by atoms with Crippen molar-refractivity contribution in [3.63, 3.8) is 0 Å². The summed E-state index contributed by atoms with van der Waals surface area (Å²) < 4.78 is 0. The lowest BCUT2D eigenvalue weighted by atomic mass is 9.92. The molecule has 0 radical (unpaired) electrons. The van der Waals surface area contributed by atoms with Crippen molar-refractivity contribution in [1.82, 2.24) is 16.0 Å². The Bertz CT molecular complexity index is 1030. The maximum absolute atomic E-state index is 12.9. The van der Waals surface area contributed by atoms with Gasteiger partial charge in [0.25, 0.3) is 11.8 Å². The molecule has 0 bridgehead atoms. The second-order valence-electron chi connectivity index (χ2n) is 8.16. The summed E-state index contributed by atoms with van der Waals surface area (Å²) in [5.74, 6) is -1.33. The summed E-state index contributed by atoms with van der Waals surface area (Å²) in [6, 6.07) is 12.5. The number of hydrogen-bond acceptors (Lipinski definition) is 4. The van der Waals surface area contributed by atoms with Crippen LogP contribution in [0.4, 0.5) is 10.5 Å². The second-order valence-corrected chi connectivity index (χ2v) is 8.16. The summed E-state index contributed by atoms with van der Waals surface area (Å²) in [5.41, 5.74) is 1.26. The summed E-state index contributed by atoms with van der Waals surface area (Å²) in [6.45, 7) is 7.21. The van der Waals surface area contributed by atoms with E-state index in [1.54, 1.807) is 43.3 Å². The number of benzene rings is 2. The predicted molar refractivity (Wildman–Crippen MR) is 116 cm³/mol. The first-order valence-electron chi connectivity index (χ1n) is 10.0. The molecule has 2 atom stereocenters. The fourth-order valence-electron chi connectivity index (χ4n) is 3.34. The molecule has 8 heteroatoms. The van der Waals surface area contributed by atoms with Gasteiger partial charge in [-0.15, -0.1) is 0 Å². The van der Waals surface area contributed by atoms with Crippen LogP contribution in [0.25, 0.3) is 0 Å². The topological polar surface area (TPSA) is 116 Å². The molecular formula is C23H26N4O4. The van der Waals surface area contributed by atoms with E-state index in [0.29, 0.717) is 16.8 Å². The van der Waals surface area contributed by atoms with Gasteiger partial charge in [0.2, 0.25) is 5.91 Å². The maximum Gasteiger partial charge on any atom is 0.322 e. The molecule has 162 valence electrons. The number of hydrogen-bond donors (Lipinski definition) is 4. The van der Waals surface area contributed by atoms with Gasteiger partial charge in [-0.3, -0.25) is 19.7 Å². The molecule has 1 saturated heterocycles. The van der Waals surface area contributed by atoms with E-state index in [-0.39, 0.29) is 17.7 Å². The molecule has 2 aromatic carbocycles. The number of nitrogens with one attached hydrogen (secondary N) is 4. The van der Waals surface area contributed by atoms with Gasteiger partial charge in [0.1, 0.15) is 11.6 Å². The van der Waals surface area contributed by atoms with Crippen molar-refractivity contribution >= 4 is 29.4 Å². The van der Waals surface area contributed by atoms with E-state index in [2.05, 4.69) is 21.3 Å². The van der Waals surface area contributed by atoms with Crippen LogP contribution in [-0.4, -0.2) is 29.8 Å². The maximum atomic E-state index is 12.9. The number of imide groups is 1. The molecular weight excluding hydrogens is 396 g/mol. The predicted octanol–water partition coefficient (Wildman–Crippen LogP) is 2.44. The molecule has 2 unspecified atom stereocenters. The van der Waals surface area contributed by atoms with Gasteiger partial charge in [0.05, 0.1) is 0 Å². The number of carbonyl (C=O) groups is 4. The summed E-state index contributed by atoms with van der Waals surface area (Å²) in [7, 11) is 0. The van der Waals surface area contributed by atoms with Gasteiger partial charge in [-0.1, -0.05) is 43.7 Å². The number of carbonyl (C=O) groups excluding carboxylic acids is 4. The third kappa shape index (κ3) is 4.74. The molecule has 2 aromatic rings. The van der Waals surface area contributed by atoms with Crippen molar-refractivity contribution in [2.45, 2.75) is 39.3 Å². The first-order valence-corrected chi connectivity index (χ1v) is 10.0. The number of rotatable bonds is 6. The smallest absolute Gasteiger partial charge is 0.322 e. The van der Waals surface area contributed by atoms with Crippen LogP contribution < -0.4 is 21.3 Å². The molecule has 8 nitrogen and oxygen atoms in total. The zero-order valence-electron chi connectivity index (χ0n) is 17.9. The van der Waals surface area contributed by atoms with E-state index < -0.39 is 23.5 Å². The van der Waals surface area contributed by atoms with Crippen molar-refractivity contribution in [3.8, 4) is 0 Å². The molecule has 3 rings (SSSR count). The normalized spacial score (nSPS) is 18.9. The Morgan fingerprint density at radius 3 is 2.29 bits per heavy atom. The molecule has 31 heavy (non-hydrogen) atoms. The van der Waals surface area contributed by atoms with Gasteiger partial charge in [-0.25, -0.2) is 4.79 Å². The average Bonchev–Trinajstić information content (AvgIpc) is 2.98. The summed E-state index contributed by atoms with van der Waals surface area (Å²) >= 11 is 0. The van der Waals surface area contributed by atoms with E-state index in [1.807, 2.05) is 32.9 Å². The Morgan fingerprint density at radius 1 is 1.03 bits per heavy atom. The van der Waals surface area contributed by atoms with Crippen molar-refractivity contribution < 1.29 is 19.2 Å². The Kier molecular flexibility index (Phi) is 6.10. The molecule has 0 spiro atoms. The Balaban J connectivity index is 1.75. The van der Waals surface area contributed by atoms with Crippen molar-refractivity contribution in [2.75, 3.05) is 5.32 Å². The lowest BCUT2D eigenvalue weighted by Gasteiger charge is -2.24. The number of aryl methyl sites for hydroxylation is 1. The fourth-order valence-corrected chi connectivity index (χ4v) is 3.34. The first-order chi connectivity index (χ1) is 14.6. The Hall–Kier alpha value is -3.68. The molecule has 4 N–H and O–H groups in total. The number of anilines is 1. The highest BCUT2D eigenvalue weighted by molar-refractivity contribution is 6.07. The number of urea groups is 1. The average molecular weight is 422 g/mol. The standard InChI is InChI=1S/C23H26N4O4/c1-13(2)18(25-19(28)15-10-8-14(3)9-11-15)20(29)24-17-7-5-6-16(12-17)23(4)21(30)26-22(31)27-23/h5-13,18H,1-4H3,(H,24,29)(H,25,28)(H2,26,27,30,31). The minimum atomic E-state index is -1.23. The molecule has 1 aliphatic heterocycles. The van der Waals surface area contributed by atoms with Crippen LogP contribution in [0.15, 0.2) is 48.5 Å². The van der Waals surface area contributed by atoms with E-state index in [0.717, 1.165) is 5.56 Å². The van der Waals surface area contributed by atoms with Crippen LogP contribution in [-0.2, 0) is 15.1 Å². The molecule has 1 aliphatic rings. The molecule has 0 saturated carbocycles. The van der Waals surface area contributed by atoms with Gasteiger partial charge >= 0.3 is 6.03 Å². The van der Waals surface area contributed by atoms with Gasteiger partial charge < -0.3 is 16.0 Å². The van der Waals surface area contributed by atoms with Gasteiger partial charge in [0, 0.05) is 11.3 Å². The van der Waals surface area contributed by atoms with Crippen molar-refractivity contribution in [3.05, 3.63) is 65.2 Å². The third-order valence-electron chi connectivity index (χ3n) is 5.30. The van der Waals surface area contributed by atoms with E-state index in [1.165, 1.54) is 0 Å². The minimum Gasteiger partial charge on any atom is -0.340 e. The van der Waals surface area contributed by atoms with E-state index in [4.69, 9.17) is 0 Å². The highest BCUT2D eigenvalue weighted by atomic mass is 16.2. The van der Waals surface area contributed by atoms with Crippen molar-refractivity contribution in [1.29, 1.82) is 0 Å². The molecule has 5 amide bonds. The third-order valence-corrected chi connectivity index (χ3v) is 5.30. The van der Waals surface area contributed by atoms with Gasteiger partial charge in [0.15, 0.2) is 0 Å². The summed E-state index contributed by atoms with van der Waals surface area (Å²) in [4.78, 5) is 49.3. The lowest BCUT2D eigenvalue weighted by Crippen LogP contribution is -2.47. The number of amides is 5. The summed E-state index contributed by atoms with van der Waals surface area (Å²) in [5, 5.41) is 10.4. The van der Waals surface area contributed by atoms with Crippen LogP contribution in [0.1, 0.15) is 42.3 Å². The quantitative estimate of drug-likeness (QED) is 0.535. The zero-order chi connectivity index (χ0) is 22.8. The van der Waals surface area contributed by atoms with Crippen LogP contribution >= 0.6 is 0 Å². The van der Waals surface area contributed by atoms with Crippen LogP contribution in [0.5, 0.6) is 0 Å². The monoisotopic (exact) mass is 422 g/mol. The Labute approximate surface area is 180 Å². The minimum absolute atomic E-state index is 0.157. The van der Waals surface area contributed by atoms with Crippen LogP contribution in [0.3, 0.4) is 0 Å². The SMILES string of the molecule is Cc1ccc(C(=O)NC(C(=O)Nc2cccc(C3(C)NC(=O)NC3=O)c2)C(C)C)cc1. The molecule has 0 aliphatic carbocycles. The van der Waals surface area contributed by atoms with E-state index >= 15 is 0 Å². The highest BCUT2D eigenvalue weighted by Crippen LogP contribution is 2.26. The second kappa shape index (κ2) is 8.59. The summed E-state index contributed by atoms with van der Waals surface area (Å²) in [6.07, 6.45) is 0. The fraction of sp³-hybridized carbons (Fsp3) is 0.304. The first kappa shape index (κ1) is 22.0. The van der Waals surface area contributed by atoms with Gasteiger partial charge in [-0.2, -0.15) is 0 Å². The molecule has 1 fully saturated rings. The largest absolute Gasteiger partial charge is 0.340 e. The van der Waals surface area contributed by atoms with Crippen LogP contribution in [0.2, 0.25) is 0 Å². The molecule has 0 aromatic heterocycles. The zero-order valence-corrected chi connectivity index (χ0v) is 17.9. The highest BCUT2D eigenvalue weighted by Gasteiger charge is 2.43. The van der Waals surface area contributed by atoms with Crippen LogP contribution in [0, 0.1) is 12.8 Å². The van der Waals surface area contributed by atoms with Crippen molar-refractivity contribution in [2.24, 2.45) is 5.92 Å². The van der Waals surface area contributed by atoms with Gasteiger partial charge in [-0.05, 0) is 49.6 Å².